The second-order valence-corrected chi connectivity index (χ2v) is 12.3. The molecule has 2 heterocycles. The van der Waals surface area contributed by atoms with Crippen molar-refractivity contribution >= 4 is 46.8 Å². The Bertz CT molecular complexity index is 1260. The van der Waals surface area contributed by atoms with E-state index in [1.807, 2.05) is 6.08 Å². The van der Waals surface area contributed by atoms with Crippen LogP contribution in [0.4, 0.5) is 0 Å². The summed E-state index contributed by atoms with van der Waals surface area (Å²) in [5.74, 6) is -5.00. The number of para-hydroxylation sites is 1. The molecule has 0 radical (unpaired) electrons. The van der Waals surface area contributed by atoms with Gasteiger partial charge < -0.3 is 9.84 Å². The summed E-state index contributed by atoms with van der Waals surface area (Å²) in [5.41, 5.74) is 0.170. The van der Waals surface area contributed by atoms with Crippen LogP contribution in [0, 0.1) is 17.8 Å². The molecule has 3 fully saturated rings. The molecule has 0 aromatic heterocycles. The molecule has 0 unspecified atom stereocenters. The summed E-state index contributed by atoms with van der Waals surface area (Å²) >= 11 is 14.2. The molecular formula is C26H28Cl2N2O6. The van der Waals surface area contributed by atoms with Crippen molar-refractivity contribution < 1.29 is 29.0 Å². The smallest absolute Gasteiger partial charge is 0.253 e. The minimum absolute atomic E-state index is 0.0851. The van der Waals surface area contributed by atoms with E-state index in [0.717, 1.165) is 4.90 Å². The number of likely N-dealkylation sites (tertiary alicyclic amines) is 2. The van der Waals surface area contributed by atoms with Gasteiger partial charge in [-0.3, -0.25) is 29.0 Å². The maximum absolute atomic E-state index is 13.7. The van der Waals surface area contributed by atoms with Crippen molar-refractivity contribution in [3.05, 3.63) is 35.4 Å². The van der Waals surface area contributed by atoms with Crippen LogP contribution in [-0.4, -0.2) is 68.0 Å². The summed E-state index contributed by atoms with van der Waals surface area (Å²) in [4.78, 5) is 52.4. The number of rotatable bonds is 2. The lowest BCUT2D eigenvalue weighted by Crippen LogP contribution is -2.60. The van der Waals surface area contributed by atoms with Crippen LogP contribution in [0.5, 0.6) is 11.5 Å². The van der Waals surface area contributed by atoms with Gasteiger partial charge in [-0.15, -0.1) is 23.2 Å². The average Bonchev–Trinajstić information content (AvgIpc) is 3.15. The third-order valence-corrected chi connectivity index (χ3v) is 9.66. The topological polar surface area (TPSA) is 104 Å². The van der Waals surface area contributed by atoms with E-state index in [-0.39, 0.29) is 41.7 Å². The number of nitrogens with zero attached hydrogens (tertiary/aromatic N) is 2. The number of hydrogen-bond donors (Lipinski definition) is 1. The van der Waals surface area contributed by atoms with Crippen LogP contribution in [-0.2, 0) is 19.2 Å². The summed E-state index contributed by atoms with van der Waals surface area (Å²) in [5, 5.41) is 11.1. The van der Waals surface area contributed by atoms with Crippen molar-refractivity contribution in [2.24, 2.45) is 17.8 Å². The molecule has 4 aliphatic rings. The summed E-state index contributed by atoms with van der Waals surface area (Å²) in [6.45, 7) is 5.40. The number of phenols is 1. The van der Waals surface area contributed by atoms with Crippen LogP contribution in [0.25, 0.3) is 0 Å². The van der Waals surface area contributed by atoms with Gasteiger partial charge in [-0.25, -0.2) is 0 Å². The van der Waals surface area contributed by atoms with E-state index >= 15 is 0 Å². The maximum Gasteiger partial charge on any atom is 0.253 e. The average molecular weight is 535 g/mol. The van der Waals surface area contributed by atoms with Crippen molar-refractivity contribution in [3.8, 4) is 11.5 Å². The van der Waals surface area contributed by atoms with Gasteiger partial charge in [0, 0.05) is 24.1 Å². The Hall–Kier alpha value is -2.58. The first-order valence-corrected chi connectivity index (χ1v) is 12.6. The Morgan fingerprint density at radius 2 is 1.72 bits per heavy atom. The molecule has 10 heteroatoms. The monoisotopic (exact) mass is 534 g/mol. The first kappa shape index (κ1) is 25.1. The highest BCUT2D eigenvalue weighted by Gasteiger charge is 2.76. The van der Waals surface area contributed by atoms with Crippen molar-refractivity contribution in [1.29, 1.82) is 0 Å². The van der Waals surface area contributed by atoms with Crippen LogP contribution in [0.1, 0.15) is 45.1 Å². The maximum atomic E-state index is 13.7. The Morgan fingerprint density at radius 3 is 2.33 bits per heavy atom. The molecule has 1 N–H and O–H groups in total. The van der Waals surface area contributed by atoms with E-state index in [4.69, 9.17) is 27.9 Å². The molecule has 6 atom stereocenters. The molecule has 2 aliphatic carbocycles. The van der Waals surface area contributed by atoms with Crippen LogP contribution in [0.15, 0.2) is 29.8 Å². The summed E-state index contributed by atoms with van der Waals surface area (Å²) < 4.78 is 5.29. The van der Waals surface area contributed by atoms with Gasteiger partial charge in [-0.2, -0.15) is 0 Å². The van der Waals surface area contributed by atoms with Gasteiger partial charge in [0.15, 0.2) is 21.2 Å². The van der Waals surface area contributed by atoms with Gasteiger partial charge in [0.2, 0.25) is 11.8 Å². The summed E-state index contributed by atoms with van der Waals surface area (Å²) in [6, 6.07) is 4.82. The SMILES string of the molecule is COc1cccc([C@H]2C3=CC[C@@H]4C(=O)N(C(C)(C)C)C(=O)[C@@H]4[C@@H]3C[C@@]3(Cl)C(=O)N(C)C(=O)[C@@]23Cl)c1O. The molecule has 1 aromatic carbocycles. The minimum Gasteiger partial charge on any atom is -0.504 e. The van der Waals surface area contributed by atoms with Gasteiger partial charge in [0.25, 0.3) is 11.8 Å². The van der Waals surface area contributed by atoms with Crippen LogP contribution in [0.3, 0.4) is 0 Å². The zero-order chi connectivity index (χ0) is 26.5. The second-order valence-electron chi connectivity index (χ2n) is 11.1. The molecule has 8 nitrogen and oxygen atoms in total. The third-order valence-electron chi connectivity index (χ3n) is 8.25. The number of hydrogen-bond acceptors (Lipinski definition) is 6. The first-order valence-electron chi connectivity index (χ1n) is 11.9. The standard InChI is InChI=1S/C26H28Cl2N2O6/c1-24(2,3)30-20(32)13-10-9-12-15(17(13)21(30)33)11-25(27)22(34)29(4)23(35)26(25,28)18(12)14-7-6-8-16(36-5)19(14)31/h6-9,13,15,17-18,31H,10-11H2,1-5H3/t13-,15+,17-,18+,25+,26-/m0/s1. The fourth-order valence-electron chi connectivity index (χ4n) is 6.69. The van der Waals surface area contributed by atoms with Crippen molar-refractivity contribution in [2.75, 3.05) is 14.2 Å². The molecule has 192 valence electrons. The fourth-order valence-corrected chi connectivity index (χ4v) is 7.70. The number of carbonyl (C=O) groups excluding carboxylic acids is 4. The Balaban J connectivity index is 1.75. The molecule has 2 saturated heterocycles. The molecule has 4 amide bonds. The Kier molecular flexibility index (Phi) is 5.37. The first-order chi connectivity index (χ1) is 16.7. The number of carbonyl (C=O) groups is 4. The van der Waals surface area contributed by atoms with Gasteiger partial charge in [0.1, 0.15) is 0 Å². The molecular weight excluding hydrogens is 507 g/mol. The Morgan fingerprint density at radius 1 is 1.06 bits per heavy atom. The second kappa shape index (κ2) is 7.71. The molecule has 1 aromatic rings. The Labute approximate surface area is 219 Å². The quantitative estimate of drug-likeness (QED) is 0.355. The number of benzene rings is 1. The lowest BCUT2D eigenvalue weighted by atomic mass is 9.56. The van der Waals surface area contributed by atoms with E-state index in [2.05, 4.69) is 0 Å². The number of halogens is 2. The minimum atomic E-state index is -1.95. The highest BCUT2D eigenvalue weighted by atomic mass is 35.5. The van der Waals surface area contributed by atoms with Gasteiger partial charge >= 0.3 is 0 Å². The van der Waals surface area contributed by atoms with Gasteiger partial charge in [-0.1, -0.05) is 23.8 Å². The van der Waals surface area contributed by atoms with Gasteiger partial charge in [-0.05, 0) is 45.6 Å². The number of amides is 4. The largest absolute Gasteiger partial charge is 0.504 e. The van der Waals surface area contributed by atoms with Crippen LogP contribution in [0.2, 0.25) is 0 Å². The van der Waals surface area contributed by atoms with E-state index in [1.54, 1.807) is 39.0 Å². The number of methoxy groups -OCH3 is 1. The molecule has 36 heavy (non-hydrogen) atoms. The molecule has 2 aliphatic heterocycles. The summed E-state index contributed by atoms with van der Waals surface area (Å²) in [7, 11) is 2.73. The van der Waals surface area contributed by atoms with Crippen LogP contribution < -0.4 is 4.74 Å². The van der Waals surface area contributed by atoms with Crippen molar-refractivity contribution in [3.63, 3.8) is 0 Å². The number of allylic oxidation sites excluding steroid dienone is 2. The fraction of sp³-hybridized carbons (Fsp3) is 0.538. The molecule has 0 bridgehead atoms. The number of ether oxygens (including phenoxy) is 1. The van der Waals surface area contributed by atoms with Crippen LogP contribution >= 0.6 is 23.2 Å². The zero-order valence-corrected chi connectivity index (χ0v) is 22.2. The predicted octanol–water partition coefficient (Wildman–Crippen LogP) is 3.19. The molecule has 1 saturated carbocycles. The van der Waals surface area contributed by atoms with E-state index in [9.17, 15) is 24.3 Å². The third kappa shape index (κ3) is 2.88. The van der Waals surface area contributed by atoms with Crippen molar-refractivity contribution in [2.45, 2.75) is 54.8 Å². The van der Waals surface area contributed by atoms with E-state index in [0.29, 0.717) is 5.57 Å². The number of phenolic OH excluding ortho intramolecular Hbond substituents is 1. The number of fused-ring (bicyclic) bond motifs is 4. The lowest BCUT2D eigenvalue weighted by molar-refractivity contribution is -0.146. The predicted molar refractivity (Wildman–Crippen MR) is 132 cm³/mol. The van der Waals surface area contributed by atoms with Crippen molar-refractivity contribution in [1.82, 2.24) is 9.80 Å². The zero-order valence-electron chi connectivity index (χ0n) is 20.7. The number of alkyl halides is 2. The lowest BCUT2D eigenvalue weighted by Gasteiger charge is -2.50. The number of imide groups is 2. The summed E-state index contributed by atoms with van der Waals surface area (Å²) in [6.07, 6.45) is 2.02. The normalized spacial score (nSPS) is 36.0. The number of aromatic hydroxyl groups is 1. The highest BCUT2D eigenvalue weighted by molar-refractivity contribution is 6.53. The van der Waals surface area contributed by atoms with Gasteiger partial charge in [0.05, 0.1) is 18.9 Å². The van der Waals surface area contributed by atoms with E-state index < -0.39 is 50.8 Å². The van der Waals surface area contributed by atoms with E-state index in [1.165, 1.54) is 19.1 Å². The molecule has 0 spiro atoms. The highest BCUT2D eigenvalue weighted by Crippen LogP contribution is 2.66. The molecule has 5 rings (SSSR count).